The molecule has 0 aromatic carbocycles. The Morgan fingerprint density at radius 1 is 1.47 bits per heavy atom. The van der Waals surface area contributed by atoms with Crippen molar-refractivity contribution in [3.8, 4) is 0 Å². The molecule has 1 aromatic rings. The van der Waals surface area contributed by atoms with E-state index in [0.717, 1.165) is 0 Å². The SMILES string of the molecule is C=CCN(CC=C)C(=O)c1sccc1N. The van der Waals surface area contributed by atoms with Crippen molar-refractivity contribution < 1.29 is 4.79 Å². The van der Waals surface area contributed by atoms with Gasteiger partial charge in [-0.15, -0.1) is 24.5 Å². The fraction of sp³-hybridized carbons (Fsp3) is 0.182. The van der Waals surface area contributed by atoms with E-state index in [0.29, 0.717) is 23.7 Å². The van der Waals surface area contributed by atoms with Crippen LogP contribution in [0.5, 0.6) is 0 Å². The van der Waals surface area contributed by atoms with Crippen molar-refractivity contribution >= 4 is 22.9 Å². The summed E-state index contributed by atoms with van der Waals surface area (Å²) in [5.41, 5.74) is 6.21. The summed E-state index contributed by atoms with van der Waals surface area (Å²) in [5.74, 6) is -0.0673. The lowest BCUT2D eigenvalue weighted by molar-refractivity contribution is 0.0796. The highest BCUT2D eigenvalue weighted by molar-refractivity contribution is 7.12. The Kier molecular flexibility index (Phi) is 4.12. The van der Waals surface area contributed by atoms with Gasteiger partial charge in [-0.05, 0) is 11.4 Å². The summed E-state index contributed by atoms with van der Waals surface area (Å²) in [7, 11) is 0. The summed E-state index contributed by atoms with van der Waals surface area (Å²) in [6, 6.07) is 1.73. The predicted molar refractivity (Wildman–Crippen MR) is 65.0 cm³/mol. The van der Waals surface area contributed by atoms with Crippen molar-refractivity contribution in [3.63, 3.8) is 0 Å². The largest absolute Gasteiger partial charge is 0.397 e. The van der Waals surface area contributed by atoms with Crippen molar-refractivity contribution in [2.75, 3.05) is 18.8 Å². The Morgan fingerprint density at radius 2 is 2.07 bits per heavy atom. The summed E-state index contributed by atoms with van der Waals surface area (Å²) in [6.45, 7) is 8.23. The average molecular weight is 222 g/mol. The van der Waals surface area contributed by atoms with E-state index in [-0.39, 0.29) is 5.91 Å². The Morgan fingerprint density at radius 3 is 2.47 bits per heavy atom. The van der Waals surface area contributed by atoms with Crippen LogP contribution in [0.15, 0.2) is 36.8 Å². The number of anilines is 1. The molecule has 0 aliphatic carbocycles. The minimum atomic E-state index is -0.0673. The molecule has 1 amide bonds. The molecule has 3 nitrogen and oxygen atoms in total. The van der Waals surface area contributed by atoms with Crippen LogP contribution in [0.2, 0.25) is 0 Å². The third-order valence-electron chi connectivity index (χ3n) is 1.88. The van der Waals surface area contributed by atoms with Gasteiger partial charge in [0.2, 0.25) is 0 Å². The van der Waals surface area contributed by atoms with E-state index >= 15 is 0 Å². The van der Waals surface area contributed by atoms with Crippen LogP contribution in [0.25, 0.3) is 0 Å². The molecular weight excluding hydrogens is 208 g/mol. The molecule has 0 spiro atoms. The Balaban J connectivity index is 2.84. The van der Waals surface area contributed by atoms with E-state index in [4.69, 9.17) is 5.73 Å². The van der Waals surface area contributed by atoms with E-state index in [2.05, 4.69) is 13.2 Å². The highest BCUT2D eigenvalue weighted by atomic mass is 32.1. The molecule has 0 saturated carbocycles. The van der Waals surface area contributed by atoms with Crippen molar-refractivity contribution in [1.82, 2.24) is 4.90 Å². The first-order chi connectivity index (χ1) is 7.20. The highest BCUT2D eigenvalue weighted by Gasteiger charge is 2.16. The zero-order valence-corrected chi connectivity index (χ0v) is 9.30. The number of nitrogens with two attached hydrogens (primary N) is 1. The van der Waals surface area contributed by atoms with Gasteiger partial charge in [-0.2, -0.15) is 0 Å². The molecule has 0 aliphatic heterocycles. The fourth-order valence-electron chi connectivity index (χ4n) is 1.19. The molecule has 1 heterocycles. The molecule has 0 fully saturated rings. The van der Waals surface area contributed by atoms with Gasteiger partial charge in [0.15, 0.2) is 0 Å². The second-order valence-corrected chi connectivity index (χ2v) is 3.91. The first-order valence-corrected chi connectivity index (χ1v) is 5.42. The smallest absolute Gasteiger partial charge is 0.266 e. The van der Waals surface area contributed by atoms with Gasteiger partial charge >= 0.3 is 0 Å². The summed E-state index contributed by atoms with van der Waals surface area (Å²) in [6.07, 6.45) is 3.37. The number of hydrogen-bond donors (Lipinski definition) is 1. The second-order valence-electron chi connectivity index (χ2n) is 2.99. The quantitative estimate of drug-likeness (QED) is 0.776. The molecule has 0 saturated heterocycles. The number of hydrogen-bond acceptors (Lipinski definition) is 3. The predicted octanol–water partition coefficient (Wildman–Crippen LogP) is 2.14. The van der Waals surface area contributed by atoms with Gasteiger partial charge in [0, 0.05) is 13.1 Å². The molecule has 4 heteroatoms. The average Bonchev–Trinajstić information content (AvgIpc) is 2.63. The lowest BCUT2D eigenvalue weighted by Gasteiger charge is -2.18. The number of thiophene rings is 1. The highest BCUT2D eigenvalue weighted by Crippen LogP contribution is 2.20. The lowest BCUT2D eigenvalue weighted by atomic mass is 10.3. The van der Waals surface area contributed by atoms with Crippen LogP contribution in [-0.2, 0) is 0 Å². The van der Waals surface area contributed by atoms with Gasteiger partial charge in [-0.3, -0.25) is 4.79 Å². The summed E-state index contributed by atoms with van der Waals surface area (Å²) in [4.78, 5) is 14.2. The summed E-state index contributed by atoms with van der Waals surface area (Å²) < 4.78 is 0. The van der Waals surface area contributed by atoms with E-state index in [1.807, 2.05) is 5.38 Å². The van der Waals surface area contributed by atoms with Crippen LogP contribution in [0.4, 0.5) is 5.69 Å². The van der Waals surface area contributed by atoms with Crippen molar-refractivity contribution in [1.29, 1.82) is 0 Å². The minimum Gasteiger partial charge on any atom is -0.397 e. The van der Waals surface area contributed by atoms with Gasteiger partial charge in [0.05, 0.1) is 5.69 Å². The molecule has 0 radical (unpaired) electrons. The molecule has 2 N–H and O–H groups in total. The number of rotatable bonds is 5. The van der Waals surface area contributed by atoms with Crippen molar-refractivity contribution in [3.05, 3.63) is 41.6 Å². The maximum Gasteiger partial charge on any atom is 0.266 e. The van der Waals surface area contributed by atoms with Gasteiger partial charge in [0.25, 0.3) is 5.91 Å². The van der Waals surface area contributed by atoms with E-state index in [9.17, 15) is 4.79 Å². The van der Waals surface area contributed by atoms with Crippen LogP contribution in [0.1, 0.15) is 9.67 Å². The summed E-state index contributed by atoms with van der Waals surface area (Å²) in [5, 5.41) is 1.81. The first-order valence-electron chi connectivity index (χ1n) is 4.54. The van der Waals surface area contributed by atoms with Crippen LogP contribution in [0, 0.1) is 0 Å². The standard InChI is InChI=1S/C11H14N2OS/c1-3-6-13(7-4-2)11(14)10-9(12)5-8-15-10/h3-5,8H,1-2,6-7,12H2. The van der Waals surface area contributed by atoms with Gasteiger partial charge < -0.3 is 10.6 Å². The molecule has 1 rings (SSSR count). The van der Waals surface area contributed by atoms with Crippen LogP contribution in [0.3, 0.4) is 0 Å². The molecular formula is C11H14N2OS. The zero-order valence-electron chi connectivity index (χ0n) is 8.48. The van der Waals surface area contributed by atoms with Crippen molar-refractivity contribution in [2.45, 2.75) is 0 Å². The zero-order chi connectivity index (χ0) is 11.3. The Labute approximate surface area is 93.5 Å². The minimum absolute atomic E-state index is 0.0673. The van der Waals surface area contributed by atoms with Gasteiger partial charge in [-0.1, -0.05) is 12.2 Å². The van der Waals surface area contributed by atoms with E-state index in [1.54, 1.807) is 23.1 Å². The molecule has 15 heavy (non-hydrogen) atoms. The Bertz CT molecular complexity index is 360. The topological polar surface area (TPSA) is 46.3 Å². The molecule has 0 bridgehead atoms. The molecule has 0 atom stereocenters. The van der Waals surface area contributed by atoms with Crippen molar-refractivity contribution in [2.24, 2.45) is 0 Å². The van der Waals surface area contributed by atoms with Crippen LogP contribution < -0.4 is 5.73 Å². The van der Waals surface area contributed by atoms with E-state index < -0.39 is 0 Å². The normalized spacial score (nSPS) is 9.60. The Hall–Kier alpha value is -1.55. The first kappa shape index (κ1) is 11.5. The number of amides is 1. The van der Waals surface area contributed by atoms with E-state index in [1.165, 1.54) is 11.3 Å². The molecule has 80 valence electrons. The third-order valence-corrected chi connectivity index (χ3v) is 2.79. The van der Waals surface area contributed by atoms with Gasteiger partial charge in [-0.25, -0.2) is 0 Å². The second kappa shape index (κ2) is 5.36. The number of nitrogen functional groups attached to an aromatic ring is 1. The number of nitrogens with zero attached hydrogens (tertiary/aromatic N) is 1. The lowest BCUT2D eigenvalue weighted by Crippen LogP contribution is -2.31. The molecule has 0 unspecified atom stereocenters. The number of carbonyl (C=O) groups is 1. The number of carbonyl (C=O) groups excluding carboxylic acids is 1. The van der Waals surface area contributed by atoms with Crippen LogP contribution in [-0.4, -0.2) is 23.9 Å². The maximum atomic E-state index is 12.0. The van der Waals surface area contributed by atoms with Gasteiger partial charge in [0.1, 0.15) is 4.88 Å². The molecule has 0 aliphatic rings. The monoisotopic (exact) mass is 222 g/mol. The summed E-state index contributed by atoms with van der Waals surface area (Å²) >= 11 is 1.35. The third kappa shape index (κ3) is 2.70. The molecule has 1 aromatic heterocycles. The maximum absolute atomic E-state index is 12.0. The van der Waals surface area contributed by atoms with Crippen LogP contribution >= 0.6 is 11.3 Å². The fourth-order valence-corrected chi connectivity index (χ4v) is 1.97.